The Morgan fingerprint density at radius 2 is 1.88 bits per heavy atom. The maximum atomic E-state index is 12.4. The minimum Gasteiger partial charge on any atom is -0.350 e. The molecule has 0 radical (unpaired) electrons. The second kappa shape index (κ2) is 8.24. The van der Waals surface area contributed by atoms with E-state index in [1.807, 2.05) is 36.4 Å². The van der Waals surface area contributed by atoms with Crippen molar-refractivity contribution in [2.24, 2.45) is 0 Å². The monoisotopic (exact) mass is 352 g/mol. The van der Waals surface area contributed by atoms with Gasteiger partial charge in [0.25, 0.3) is 5.91 Å². The summed E-state index contributed by atoms with van der Waals surface area (Å²) in [7, 11) is 0. The summed E-state index contributed by atoms with van der Waals surface area (Å²) < 4.78 is 0. The van der Waals surface area contributed by atoms with Crippen molar-refractivity contribution < 1.29 is 14.4 Å². The summed E-state index contributed by atoms with van der Waals surface area (Å²) in [4.78, 5) is 41.8. The van der Waals surface area contributed by atoms with Crippen molar-refractivity contribution in [2.75, 3.05) is 6.54 Å². The van der Waals surface area contributed by atoms with Gasteiger partial charge in [0.15, 0.2) is 0 Å². The molecule has 0 spiro atoms. The highest BCUT2D eigenvalue weighted by molar-refractivity contribution is 6.05. The summed E-state index contributed by atoms with van der Waals surface area (Å²) in [6, 6.07) is 13.8. The van der Waals surface area contributed by atoms with E-state index < -0.39 is 12.1 Å². The quantitative estimate of drug-likeness (QED) is 0.734. The van der Waals surface area contributed by atoms with Gasteiger partial charge in [-0.15, -0.1) is 0 Å². The first-order valence-corrected chi connectivity index (χ1v) is 8.46. The topological polar surface area (TPSA) is 91.4 Å². The molecule has 7 heteroatoms. The van der Waals surface area contributed by atoms with E-state index in [9.17, 15) is 14.4 Å². The SMILES string of the molecule is O=C(CC1NC(=O)N(CCc2ccccc2)C1=O)NCc1ccccn1. The summed E-state index contributed by atoms with van der Waals surface area (Å²) in [5.74, 6) is -0.668. The van der Waals surface area contributed by atoms with Gasteiger partial charge in [0.2, 0.25) is 5.91 Å². The molecule has 0 bridgehead atoms. The lowest BCUT2D eigenvalue weighted by molar-refractivity contribution is -0.130. The summed E-state index contributed by atoms with van der Waals surface area (Å²) in [6.07, 6.45) is 2.14. The van der Waals surface area contributed by atoms with Crippen LogP contribution in [0, 0.1) is 0 Å². The van der Waals surface area contributed by atoms with E-state index >= 15 is 0 Å². The van der Waals surface area contributed by atoms with Crippen LogP contribution < -0.4 is 10.6 Å². The summed E-state index contributed by atoms with van der Waals surface area (Å²) in [5, 5.41) is 5.29. The molecule has 1 atom stereocenters. The fraction of sp³-hybridized carbons (Fsp3) is 0.263. The number of benzene rings is 1. The van der Waals surface area contributed by atoms with Crippen LogP contribution in [0.3, 0.4) is 0 Å². The minimum absolute atomic E-state index is 0.0841. The molecule has 1 fully saturated rings. The number of nitrogens with zero attached hydrogens (tertiary/aromatic N) is 2. The Hall–Kier alpha value is -3.22. The van der Waals surface area contributed by atoms with Gasteiger partial charge >= 0.3 is 6.03 Å². The molecule has 4 amide bonds. The summed E-state index contributed by atoms with van der Waals surface area (Å²) >= 11 is 0. The zero-order valence-electron chi connectivity index (χ0n) is 14.2. The van der Waals surface area contributed by atoms with Gasteiger partial charge in [0.05, 0.1) is 18.7 Å². The molecule has 1 aliphatic rings. The van der Waals surface area contributed by atoms with Crippen LogP contribution in [0.15, 0.2) is 54.7 Å². The molecule has 1 aliphatic heterocycles. The number of carbonyl (C=O) groups is 3. The molecule has 0 aliphatic carbocycles. The third-order valence-corrected chi connectivity index (χ3v) is 4.16. The number of hydrogen-bond acceptors (Lipinski definition) is 4. The molecule has 7 nitrogen and oxygen atoms in total. The van der Waals surface area contributed by atoms with Crippen molar-refractivity contribution in [3.63, 3.8) is 0 Å². The average molecular weight is 352 g/mol. The molecule has 1 unspecified atom stereocenters. The zero-order chi connectivity index (χ0) is 18.4. The van der Waals surface area contributed by atoms with Gasteiger partial charge in [0, 0.05) is 12.7 Å². The second-order valence-corrected chi connectivity index (χ2v) is 6.03. The maximum Gasteiger partial charge on any atom is 0.324 e. The minimum atomic E-state index is -0.818. The van der Waals surface area contributed by atoms with Crippen LogP contribution in [-0.4, -0.2) is 40.3 Å². The van der Waals surface area contributed by atoms with Crippen molar-refractivity contribution in [1.82, 2.24) is 20.5 Å². The number of hydrogen-bond donors (Lipinski definition) is 2. The van der Waals surface area contributed by atoms with Gasteiger partial charge in [-0.1, -0.05) is 36.4 Å². The standard InChI is InChI=1S/C19H20N4O3/c24-17(21-13-15-8-4-5-10-20-15)12-16-18(25)23(19(26)22-16)11-9-14-6-2-1-3-7-14/h1-8,10,16H,9,11-13H2,(H,21,24)(H,22,26). The molecule has 0 saturated carbocycles. The van der Waals surface area contributed by atoms with E-state index in [4.69, 9.17) is 0 Å². The van der Waals surface area contributed by atoms with Crippen LogP contribution in [-0.2, 0) is 22.6 Å². The van der Waals surface area contributed by atoms with Crippen molar-refractivity contribution in [2.45, 2.75) is 25.4 Å². The molecular formula is C19H20N4O3. The van der Waals surface area contributed by atoms with E-state index in [2.05, 4.69) is 15.6 Å². The lowest BCUT2D eigenvalue weighted by atomic mass is 10.1. The average Bonchev–Trinajstić information content (AvgIpc) is 2.93. The second-order valence-electron chi connectivity index (χ2n) is 6.03. The number of aromatic nitrogens is 1. The maximum absolute atomic E-state index is 12.4. The van der Waals surface area contributed by atoms with E-state index in [1.54, 1.807) is 18.3 Å². The molecule has 1 aromatic heterocycles. The molecule has 1 saturated heterocycles. The number of amides is 4. The molecule has 2 heterocycles. The van der Waals surface area contributed by atoms with Crippen molar-refractivity contribution in [3.8, 4) is 0 Å². The van der Waals surface area contributed by atoms with Gasteiger partial charge in [-0.25, -0.2) is 4.79 Å². The first-order chi connectivity index (χ1) is 12.6. The van der Waals surface area contributed by atoms with Crippen LogP contribution >= 0.6 is 0 Å². The molecule has 2 aromatic rings. The lowest BCUT2D eigenvalue weighted by Gasteiger charge is -2.13. The van der Waals surface area contributed by atoms with E-state index in [-0.39, 0.29) is 24.8 Å². The van der Waals surface area contributed by atoms with Crippen LogP contribution in [0.2, 0.25) is 0 Å². The number of urea groups is 1. The van der Waals surface area contributed by atoms with Gasteiger partial charge in [0.1, 0.15) is 6.04 Å². The molecule has 134 valence electrons. The third-order valence-electron chi connectivity index (χ3n) is 4.16. The largest absolute Gasteiger partial charge is 0.350 e. The van der Waals surface area contributed by atoms with Gasteiger partial charge in [-0.05, 0) is 24.1 Å². The first kappa shape index (κ1) is 17.6. The van der Waals surface area contributed by atoms with Crippen molar-refractivity contribution in [1.29, 1.82) is 0 Å². The fourth-order valence-corrected chi connectivity index (χ4v) is 2.76. The Morgan fingerprint density at radius 1 is 1.12 bits per heavy atom. The predicted octanol–water partition coefficient (Wildman–Crippen LogP) is 1.25. The highest BCUT2D eigenvalue weighted by Crippen LogP contribution is 2.11. The number of imide groups is 1. The van der Waals surface area contributed by atoms with Gasteiger partial charge in [-0.2, -0.15) is 0 Å². The molecule has 1 aromatic carbocycles. The summed E-state index contributed by atoms with van der Waals surface area (Å²) in [5.41, 5.74) is 1.77. The highest BCUT2D eigenvalue weighted by Gasteiger charge is 2.38. The number of nitrogens with one attached hydrogen (secondary N) is 2. The zero-order valence-corrected chi connectivity index (χ0v) is 14.2. The van der Waals surface area contributed by atoms with E-state index in [0.29, 0.717) is 13.0 Å². The van der Waals surface area contributed by atoms with E-state index in [1.165, 1.54) is 4.90 Å². The highest BCUT2D eigenvalue weighted by atomic mass is 16.2. The smallest absolute Gasteiger partial charge is 0.324 e. The molecule has 3 rings (SSSR count). The normalized spacial score (nSPS) is 16.5. The van der Waals surface area contributed by atoms with E-state index in [0.717, 1.165) is 11.3 Å². The number of rotatable bonds is 7. The molecule has 2 N–H and O–H groups in total. The van der Waals surface area contributed by atoms with Crippen LogP contribution in [0.4, 0.5) is 4.79 Å². The number of carbonyl (C=O) groups excluding carboxylic acids is 3. The van der Waals surface area contributed by atoms with Crippen LogP contribution in [0.1, 0.15) is 17.7 Å². The predicted molar refractivity (Wildman–Crippen MR) is 94.9 cm³/mol. The van der Waals surface area contributed by atoms with Gasteiger partial charge in [-0.3, -0.25) is 19.5 Å². The van der Waals surface area contributed by atoms with Gasteiger partial charge < -0.3 is 10.6 Å². The Balaban J connectivity index is 1.49. The van der Waals surface area contributed by atoms with Crippen molar-refractivity contribution in [3.05, 3.63) is 66.0 Å². The molecule has 26 heavy (non-hydrogen) atoms. The van der Waals surface area contributed by atoms with Crippen LogP contribution in [0.25, 0.3) is 0 Å². The summed E-state index contributed by atoms with van der Waals surface area (Å²) in [6.45, 7) is 0.576. The first-order valence-electron chi connectivity index (χ1n) is 8.46. The Kier molecular flexibility index (Phi) is 5.58. The Labute approximate surface area is 151 Å². The number of pyridine rings is 1. The Bertz CT molecular complexity index is 780. The van der Waals surface area contributed by atoms with Crippen molar-refractivity contribution >= 4 is 17.8 Å². The molecular weight excluding hydrogens is 332 g/mol. The fourth-order valence-electron chi connectivity index (χ4n) is 2.76. The van der Waals surface area contributed by atoms with Crippen LogP contribution in [0.5, 0.6) is 0 Å². The Morgan fingerprint density at radius 3 is 2.62 bits per heavy atom. The lowest BCUT2D eigenvalue weighted by Crippen LogP contribution is -2.36. The third kappa shape index (κ3) is 4.44.